The van der Waals surface area contributed by atoms with Gasteiger partial charge in [-0.1, -0.05) is 6.07 Å². The topological polar surface area (TPSA) is 21.3 Å². The number of ether oxygens (including phenoxy) is 1. The molecule has 0 aliphatic heterocycles. The average molecular weight is 247 g/mol. The van der Waals surface area contributed by atoms with Crippen LogP contribution in [-0.4, -0.2) is 20.3 Å². The van der Waals surface area contributed by atoms with Crippen molar-refractivity contribution in [1.29, 1.82) is 0 Å². The predicted molar refractivity (Wildman–Crippen MR) is 59.2 cm³/mol. The molecule has 1 aromatic rings. The number of benzene rings is 1. The molecule has 1 rings (SSSR count). The lowest BCUT2D eigenvalue weighted by Gasteiger charge is -2.20. The van der Waals surface area contributed by atoms with Crippen molar-refractivity contribution in [3.8, 4) is 0 Å². The van der Waals surface area contributed by atoms with E-state index in [4.69, 9.17) is 4.74 Å². The third-order valence-electron chi connectivity index (χ3n) is 2.76. The first-order valence-corrected chi connectivity index (χ1v) is 5.34. The van der Waals surface area contributed by atoms with Crippen LogP contribution in [-0.2, 0) is 4.74 Å². The molecule has 2 unspecified atom stereocenters. The summed E-state index contributed by atoms with van der Waals surface area (Å²) in [7, 11) is 3.17. The van der Waals surface area contributed by atoms with Crippen LogP contribution < -0.4 is 5.32 Å². The molecule has 0 fully saturated rings. The minimum absolute atomic E-state index is 0.107. The van der Waals surface area contributed by atoms with Crippen LogP contribution in [0.25, 0.3) is 0 Å². The molecule has 1 N–H and O–H groups in total. The van der Waals surface area contributed by atoms with Crippen LogP contribution >= 0.6 is 0 Å². The second-order valence-electron chi connectivity index (χ2n) is 3.89. The maximum atomic E-state index is 13.6. The van der Waals surface area contributed by atoms with E-state index < -0.39 is 23.5 Å². The summed E-state index contributed by atoms with van der Waals surface area (Å²) < 4.78 is 44.5. The van der Waals surface area contributed by atoms with Gasteiger partial charge in [0.05, 0.1) is 6.10 Å². The van der Waals surface area contributed by atoms with Crippen molar-refractivity contribution in [1.82, 2.24) is 5.32 Å². The summed E-state index contributed by atoms with van der Waals surface area (Å²) in [5, 5.41) is 2.86. The summed E-state index contributed by atoms with van der Waals surface area (Å²) in [6.07, 6.45) is 0.356. The monoisotopic (exact) mass is 247 g/mol. The minimum Gasteiger partial charge on any atom is -0.382 e. The highest BCUT2D eigenvalue weighted by atomic mass is 19.2. The summed E-state index contributed by atoms with van der Waals surface area (Å²) in [5.41, 5.74) is 0.107. The van der Waals surface area contributed by atoms with Crippen LogP contribution in [0.1, 0.15) is 24.9 Å². The van der Waals surface area contributed by atoms with E-state index in [1.807, 2.05) is 6.92 Å². The zero-order valence-electron chi connectivity index (χ0n) is 10.1. The standard InChI is InChI=1S/C12H16F3NO/c1-7(17-3)6-10(16-2)8-4-5-9(13)12(15)11(8)14/h4-5,7,10,16H,6H2,1-3H3. The van der Waals surface area contributed by atoms with Crippen molar-refractivity contribution in [3.63, 3.8) is 0 Å². The molecule has 0 aliphatic rings. The van der Waals surface area contributed by atoms with Gasteiger partial charge in [-0.3, -0.25) is 0 Å². The van der Waals surface area contributed by atoms with Crippen LogP contribution in [0.15, 0.2) is 12.1 Å². The van der Waals surface area contributed by atoms with Crippen molar-refractivity contribution < 1.29 is 17.9 Å². The van der Waals surface area contributed by atoms with Gasteiger partial charge in [-0.15, -0.1) is 0 Å². The van der Waals surface area contributed by atoms with Gasteiger partial charge in [-0.2, -0.15) is 0 Å². The lowest BCUT2D eigenvalue weighted by molar-refractivity contribution is 0.101. The van der Waals surface area contributed by atoms with Crippen molar-refractivity contribution in [3.05, 3.63) is 35.1 Å². The zero-order valence-corrected chi connectivity index (χ0v) is 10.1. The van der Waals surface area contributed by atoms with Gasteiger partial charge in [-0.05, 0) is 26.5 Å². The van der Waals surface area contributed by atoms with E-state index in [2.05, 4.69) is 5.32 Å². The van der Waals surface area contributed by atoms with Crippen molar-refractivity contribution >= 4 is 0 Å². The van der Waals surface area contributed by atoms with Crippen LogP contribution in [0.2, 0.25) is 0 Å². The Labute approximate surface area is 98.8 Å². The number of rotatable bonds is 5. The van der Waals surface area contributed by atoms with Crippen molar-refractivity contribution in [2.75, 3.05) is 14.2 Å². The quantitative estimate of drug-likeness (QED) is 0.808. The third-order valence-corrected chi connectivity index (χ3v) is 2.76. The second kappa shape index (κ2) is 6.02. The zero-order chi connectivity index (χ0) is 13.0. The van der Waals surface area contributed by atoms with Gasteiger partial charge in [0, 0.05) is 18.7 Å². The lowest BCUT2D eigenvalue weighted by Crippen LogP contribution is -2.23. The van der Waals surface area contributed by atoms with Crippen LogP contribution in [0, 0.1) is 17.5 Å². The number of halogens is 3. The Balaban J connectivity index is 3.00. The Morgan fingerprint density at radius 3 is 2.41 bits per heavy atom. The van der Waals surface area contributed by atoms with E-state index in [9.17, 15) is 13.2 Å². The van der Waals surface area contributed by atoms with Crippen LogP contribution in [0.3, 0.4) is 0 Å². The van der Waals surface area contributed by atoms with Gasteiger partial charge in [-0.25, -0.2) is 13.2 Å². The Hall–Kier alpha value is -1.07. The van der Waals surface area contributed by atoms with E-state index in [1.54, 1.807) is 14.2 Å². The molecule has 5 heteroatoms. The lowest BCUT2D eigenvalue weighted by atomic mass is 10.0. The average Bonchev–Trinajstić information content (AvgIpc) is 2.33. The van der Waals surface area contributed by atoms with Crippen LogP contribution in [0.5, 0.6) is 0 Å². The summed E-state index contributed by atoms with van der Waals surface area (Å²) >= 11 is 0. The number of methoxy groups -OCH3 is 1. The maximum absolute atomic E-state index is 13.6. The molecule has 0 bridgehead atoms. The first-order chi connectivity index (χ1) is 8.01. The highest BCUT2D eigenvalue weighted by Crippen LogP contribution is 2.24. The molecule has 96 valence electrons. The normalized spacial score (nSPS) is 14.7. The number of hydrogen-bond donors (Lipinski definition) is 1. The first kappa shape index (κ1) is 14.0. The summed E-state index contributed by atoms with van der Waals surface area (Å²) in [4.78, 5) is 0. The minimum atomic E-state index is -1.44. The molecule has 0 radical (unpaired) electrons. The van der Waals surface area contributed by atoms with Gasteiger partial charge in [0.25, 0.3) is 0 Å². The summed E-state index contributed by atoms with van der Waals surface area (Å²) in [5.74, 6) is -3.76. The molecule has 0 saturated carbocycles. The number of hydrogen-bond acceptors (Lipinski definition) is 2. The van der Waals surface area contributed by atoms with Crippen molar-refractivity contribution in [2.24, 2.45) is 0 Å². The van der Waals surface area contributed by atoms with E-state index in [0.717, 1.165) is 6.07 Å². The fraction of sp³-hybridized carbons (Fsp3) is 0.500. The fourth-order valence-electron chi connectivity index (χ4n) is 1.64. The highest BCUT2D eigenvalue weighted by Gasteiger charge is 2.21. The molecule has 17 heavy (non-hydrogen) atoms. The molecule has 0 saturated heterocycles. The van der Waals surface area contributed by atoms with E-state index in [1.165, 1.54) is 6.07 Å². The SMILES string of the molecule is CNC(CC(C)OC)c1ccc(F)c(F)c1F. The van der Waals surface area contributed by atoms with Gasteiger partial charge in [0.2, 0.25) is 0 Å². The Morgan fingerprint density at radius 1 is 1.24 bits per heavy atom. The van der Waals surface area contributed by atoms with Gasteiger partial charge in [0.15, 0.2) is 17.5 Å². The van der Waals surface area contributed by atoms with Gasteiger partial charge in [0.1, 0.15) is 0 Å². The molecular formula is C12H16F3NO. The molecule has 1 aromatic carbocycles. The first-order valence-electron chi connectivity index (χ1n) is 5.34. The molecule has 2 atom stereocenters. The Kier molecular flexibility index (Phi) is 4.96. The Bertz CT molecular complexity index is 384. The highest BCUT2D eigenvalue weighted by molar-refractivity contribution is 5.23. The summed E-state index contributed by atoms with van der Waals surface area (Å²) in [6, 6.07) is 1.76. The summed E-state index contributed by atoms with van der Waals surface area (Å²) in [6.45, 7) is 1.82. The molecule has 0 heterocycles. The number of nitrogens with one attached hydrogen (secondary N) is 1. The van der Waals surface area contributed by atoms with Gasteiger partial charge >= 0.3 is 0 Å². The van der Waals surface area contributed by atoms with Gasteiger partial charge < -0.3 is 10.1 Å². The molecule has 0 amide bonds. The van der Waals surface area contributed by atoms with Crippen molar-refractivity contribution in [2.45, 2.75) is 25.5 Å². The molecule has 2 nitrogen and oxygen atoms in total. The van der Waals surface area contributed by atoms with Crippen LogP contribution in [0.4, 0.5) is 13.2 Å². The van der Waals surface area contributed by atoms with E-state index in [-0.39, 0.29) is 11.7 Å². The van der Waals surface area contributed by atoms with E-state index >= 15 is 0 Å². The third kappa shape index (κ3) is 3.20. The molecule has 0 spiro atoms. The molecule has 0 aromatic heterocycles. The largest absolute Gasteiger partial charge is 0.382 e. The predicted octanol–water partition coefficient (Wildman–Crippen LogP) is 2.79. The maximum Gasteiger partial charge on any atom is 0.194 e. The molecule has 0 aliphatic carbocycles. The molecular weight excluding hydrogens is 231 g/mol. The Morgan fingerprint density at radius 2 is 1.88 bits per heavy atom. The fourth-order valence-corrected chi connectivity index (χ4v) is 1.64. The second-order valence-corrected chi connectivity index (χ2v) is 3.89. The van der Waals surface area contributed by atoms with E-state index in [0.29, 0.717) is 6.42 Å². The smallest absolute Gasteiger partial charge is 0.194 e.